The van der Waals surface area contributed by atoms with Gasteiger partial charge in [-0.1, -0.05) is 0 Å². The van der Waals surface area contributed by atoms with Gasteiger partial charge in [-0.15, -0.1) is 0 Å². The molecule has 1 aliphatic rings. The van der Waals surface area contributed by atoms with Crippen LogP contribution in [0.15, 0.2) is 18.6 Å². The molecule has 2 aromatic heterocycles. The highest BCUT2D eigenvalue weighted by molar-refractivity contribution is 5.52. The Bertz CT molecular complexity index is 482. The molecule has 0 radical (unpaired) electrons. The van der Waals surface area contributed by atoms with Gasteiger partial charge in [0.1, 0.15) is 5.82 Å². The fourth-order valence-electron chi connectivity index (χ4n) is 2.29. The fourth-order valence-corrected chi connectivity index (χ4v) is 2.29. The average molecular weight is 202 g/mol. The molecule has 0 bridgehead atoms. The van der Waals surface area contributed by atoms with E-state index in [1.165, 1.54) is 12.8 Å². The first-order chi connectivity index (χ1) is 7.36. The van der Waals surface area contributed by atoms with Crippen LogP contribution in [-0.2, 0) is 0 Å². The summed E-state index contributed by atoms with van der Waals surface area (Å²) in [5.74, 6) is 1.04. The first-order valence-electron chi connectivity index (χ1n) is 5.38. The van der Waals surface area contributed by atoms with Crippen LogP contribution in [0.4, 0.5) is 0 Å². The minimum Gasteiger partial charge on any atom is -0.309 e. The molecule has 3 rings (SSSR count). The summed E-state index contributed by atoms with van der Waals surface area (Å²) in [7, 11) is 0. The Morgan fingerprint density at radius 3 is 3.27 bits per heavy atom. The molecule has 1 saturated heterocycles. The number of aryl methyl sites for hydroxylation is 1. The van der Waals surface area contributed by atoms with E-state index in [2.05, 4.69) is 19.7 Å². The average Bonchev–Trinajstić information content (AvgIpc) is 2.87. The van der Waals surface area contributed by atoms with Gasteiger partial charge in [-0.3, -0.25) is 4.98 Å². The van der Waals surface area contributed by atoms with Crippen molar-refractivity contribution in [2.24, 2.45) is 0 Å². The second kappa shape index (κ2) is 3.31. The van der Waals surface area contributed by atoms with Crippen LogP contribution in [0.1, 0.15) is 30.4 Å². The second-order valence-electron chi connectivity index (χ2n) is 4.02. The van der Waals surface area contributed by atoms with E-state index in [-0.39, 0.29) is 0 Å². The van der Waals surface area contributed by atoms with E-state index in [0.717, 1.165) is 23.6 Å². The van der Waals surface area contributed by atoms with Crippen molar-refractivity contribution in [3.63, 3.8) is 0 Å². The Morgan fingerprint density at radius 2 is 2.47 bits per heavy atom. The quantitative estimate of drug-likeness (QED) is 0.761. The Morgan fingerprint density at radius 1 is 1.53 bits per heavy atom. The maximum atomic E-state index is 4.63. The van der Waals surface area contributed by atoms with Crippen LogP contribution < -0.4 is 5.32 Å². The van der Waals surface area contributed by atoms with Crippen molar-refractivity contribution in [2.75, 3.05) is 6.54 Å². The number of aromatic nitrogens is 3. The summed E-state index contributed by atoms with van der Waals surface area (Å²) in [4.78, 5) is 8.80. The lowest BCUT2D eigenvalue weighted by Crippen LogP contribution is -2.13. The second-order valence-corrected chi connectivity index (χ2v) is 4.02. The van der Waals surface area contributed by atoms with Crippen LogP contribution in [0.5, 0.6) is 0 Å². The normalized spacial score (nSPS) is 21.3. The van der Waals surface area contributed by atoms with Gasteiger partial charge in [-0.25, -0.2) is 4.98 Å². The molecule has 2 aromatic rings. The molecule has 0 amide bonds. The topological polar surface area (TPSA) is 42.2 Å². The zero-order valence-corrected chi connectivity index (χ0v) is 8.77. The molecule has 15 heavy (non-hydrogen) atoms. The van der Waals surface area contributed by atoms with Crippen LogP contribution in [-0.4, -0.2) is 20.9 Å². The highest BCUT2D eigenvalue weighted by Crippen LogP contribution is 2.25. The lowest BCUT2D eigenvalue weighted by atomic mass is 10.1. The van der Waals surface area contributed by atoms with Crippen LogP contribution in [0.3, 0.4) is 0 Å². The molecule has 1 unspecified atom stereocenters. The van der Waals surface area contributed by atoms with E-state index in [9.17, 15) is 0 Å². The Labute approximate surface area is 88.4 Å². The van der Waals surface area contributed by atoms with Gasteiger partial charge in [0.05, 0.1) is 23.4 Å². The summed E-state index contributed by atoms with van der Waals surface area (Å²) in [6.45, 7) is 3.13. The number of nitrogens with zero attached hydrogens (tertiary/aromatic N) is 3. The monoisotopic (exact) mass is 202 g/mol. The standard InChI is InChI=1S/C11H14N4/c1-8-14-11(9-3-2-4-13-9)10-7-12-5-6-15(8)10/h5-7,9,13H,2-4H2,1H3. The highest BCUT2D eigenvalue weighted by atomic mass is 15.1. The molecule has 1 N–H and O–H groups in total. The van der Waals surface area contributed by atoms with E-state index in [1.807, 2.05) is 19.3 Å². The van der Waals surface area contributed by atoms with Crippen molar-refractivity contribution in [3.05, 3.63) is 30.1 Å². The third kappa shape index (κ3) is 1.33. The molecule has 4 heteroatoms. The van der Waals surface area contributed by atoms with Crippen molar-refractivity contribution in [2.45, 2.75) is 25.8 Å². The Hall–Kier alpha value is -1.42. The van der Waals surface area contributed by atoms with E-state index in [4.69, 9.17) is 0 Å². The number of rotatable bonds is 1. The third-order valence-corrected chi connectivity index (χ3v) is 3.04. The van der Waals surface area contributed by atoms with E-state index < -0.39 is 0 Å². The lowest BCUT2D eigenvalue weighted by Gasteiger charge is -2.06. The van der Waals surface area contributed by atoms with Crippen LogP contribution in [0.25, 0.3) is 5.52 Å². The van der Waals surface area contributed by atoms with Gasteiger partial charge in [0.25, 0.3) is 0 Å². The molecular weight excluding hydrogens is 188 g/mol. The number of hydrogen-bond donors (Lipinski definition) is 1. The van der Waals surface area contributed by atoms with E-state index in [0.29, 0.717) is 6.04 Å². The summed E-state index contributed by atoms with van der Waals surface area (Å²) in [5, 5.41) is 3.47. The van der Waals surface area contributed by atoms with Crippen molar-refractivity contribution in [1.29, 1.82) is 0 Å². The van der Waals surface area contributed by atoms with Crippen LogP contribution in [0.2, 0.25) is 0 Å². The maximum Gasteiger partial charge on any atom is 0.110 e. The number of imidazole rings is 1. The Balaban J connectivity index is 2.17. The van der Waals surface area contributed by atoms with Crippen LogP contribution in [0, 0.1) is 6.92 Å². The summed E-state index contributed by atoms with van der Waals surface area (Å²) in [6.07, 6.45) is 8.09. The predicted octanol–water partition coefficient (Wildman–Crippen LogP) is 1.46. The summed E-state index contributed by atoms with van der Waals surface area (Å²) < 4.78 is 2.10. The smallest absolute Gasteiger partial charge is 0.110 e. The summed E-state index contributed by atoms with van der Waals surface area (Å²) >= 11 is 0. The summed E-state index contributed by atoms with van der Waals surface area (Å²) in [6, 6.07) is 0.415. The number of hydrogen-bond acceptors (Lipinski definition) is 3. The summed E-state index contributed by atoms with van der Waals surface area (Å²) in [5.41, 5.74) is 2.28. The minimum atomic E-state index is 0.415. The SMILES string of the molecule is Cc1nc(C2CCCN2)c2cnccn12. The molecule has 0 aliphatic carbocycles. The zero-order chi connectivity index (χ0) is 10.3. The van der Waals surface area contributed by atoms with Gasteiger partial charge in [0, 0.05) is 12.4 Å². The van der Waals surface area contributed by atoms with Crippen LogP contribution >= 0.6 is 0 Å². The van der Waals surface area contributed by atoms with Gasteiger partial charge < -0.3 is 9.72 Å². The molecule has 1 aliphatic heterocycles. The number of nitrogens with one attached hydrogen (secondary N) is 1. The first kappa shape index (κ1) is 8.85. The van der Waals surface area contributed by atoms with Crippen molar-refractivity contribution >= 4 is 5.52 Å². The molecule has 1 atom stereocenters. The first-order valence-corrected chi connectivity index (χ1v) is 5.38. The fraction of sp³-hybridized carbons (Fsp3) is 0.455. The molecule has 0 aromatic carbocycles. The highest BCUT2D eigenvalue weighted by Gasteiger charge is 2.21. The van der Waals surface area contributed by atoms with E-state index in [1.54, 1.807) is 6.20 Å². The molecule has 0 saturated carbocycles. The molecule has 0 spiro atoms. The van der Waals surface area contributed by atoms with Gasteiger partial charge in [-0.05, 0) is 26.3 Å². The molecule has 78 valence electrons. The van der Waals surface area contributed by atoms with E-state index >= 15 is 0 Å². The largest absolute Gasteiger partial charge is 0.309 e. The van der Waals surface area contributed by atoms with Gasteiger partial charge in [0.15, 0.2) is 0 Å². The third-order valence-electron chi connectivity index (χ3n) is 3.04. The molecule has 1 fully saturated rings. The maximum absolute atomic E-state index is 4.63. The van der Waals surface area contributed by atoms with Crippen molar-refractivity contribution in [3.8, 4) is 0 Å². The van der Waals surface area contributed by atoms with Gasteiger partial charge in [-0.2, -0.15) is 0 Å². The number of fused-ring (bicyclic) bond motifs is 1. The molecular formula is C11H14N4. The Kier molecular flexibility index (Phi) is 1.95. The zero-order valence-electron chi connectivity index (χ0n) is 8.77. The van der Waals surface area contributed by atoms with Crippen molar-refractivity contribution < 1.29 is 0 Å². The van der Waals surface area contributed by atoms with Crippen molar-refractivity contribution in [1.82, 2.24) is 19.7 Å². The van der Waals surface area contributed by atoms with Gasteiger partial charge in [0.2, 0.25) is 0 Å². The molecule has 4 nitrogen and oxygen atoms in total. The minimum absolute atomic E-state index is 0.415. The lowest BCUT2D eigenvalue weighted by molar-refractivity contribution is 0.635. The predicted molar refractivity (Wildman–Crippen MR) is 57.7 cm³/mol. The van der Waals surface area contributed by atoms with Gasteiger partial charge >= 0.3 is 0 Å². The molecule has 3 heterocycles.